The van der Waals surface area contributed by atoms with Gasteiger partial charge in [0.05, 0.1) is 12.6 Å². The average molecular weight is 417 g/mol. The molecular weight excluding hydrogens is 388 g/mol. The van der Waals surface area contributed by atoms with E-state index in [1.54, 1.807) is 12.1 Å². The van der Waals surface area contributed by atoms with Gasteiger partial charge in [-0.05, 0) is 42.2 Å². The maximum atomic E-state index is 12.3. The number of hydrogen-bond acceptors (Lipinski definition) is 3. The zero-order valence-electron chi connectivity index (χ0n) is 17.7. The molecule has 5 nitrogen and oxygen atoms in total. The predicted molar refractivity (Wildman–Crippen MR) is 123 cm³/mol. The lowest BCUT2D eigenvalue weighted by Crippen LogP contribution is -2.37. The maximum absolute atomic E-state index is 12.3. The summed E-state index contributed by atoms with van der Waals surface area (Å²) in [6, 6.07) is 27.3. The van der Waals surface area contributed by atoms with E-state index in [2.05, 4.69) is 10.6 Å². The summed E-state index contributed by atoms with van der Waals surface area (Å²) in [7, 11) is 0. The number of carbonyl (C=O) groups is 2. The zero-order valence-corrected chi connectivity index (χ0v) is 17.7. The molecule has 3 rings (SSSR count). The first kappa shape index (κ1) is 22.2. The fraction of sp³-hybridized carbons (Fsp3) is 0.231. The first-order chi connectivity index (χ1) is 15.1. The van der Waals surface area contributed by atoms with Crippen LogP contribution < -0.4 is 10.6 Å². The van der Waals surface area contributed by atoms with Crippen molar-refractivity contribution < 1.29 is 14.3 Å². The molecule has 0 fully saturated rings. The highest BCUT2D eigenvalue weighted by atomic mass is 16.5. The van der Waals surface area contributed by atoms with Gasteiger partial charge in [0.25, 0.3) is 5.91 Å². The summed E-state index contributed by atoms with van der Waals surface area (Å²) in [5.74, 6) is -0.486. The van der Waals surface area contributed by atoms with Crippen LogP contribution in [0.3, 0.4) is 0 Å². The number of amides is 2. The van der Waals surface area contributed by atoms with Crippen molar-refractivity contribution in [2.45, 2.75) is 19.4 Å². The Hall–Kier alpha value is -3.44. The van der Waals surface area contributed by atoms with Gasteiger partial charge in [-0.25, -0.2) is 0 Å². The van der Waals surface area contributed by atoms with E-state index in [4.69, 9.17) is 4.74 Å². The lowest BCUT2D eigenvalue weighted by Gasteiger charge is -2.13. The smallest absolute Gasteiger partial charge is 0.251 e. The third-order valence-electron chi connectivity index (χ3n) is 4.94. The van der Waals surface area contributed by atoms with Crippen molar-refractivity contribution in [3.05, 3.63) is 96.1 Å². The van der Waals surface area contributed by atoms with Crippen LogP contribution >= 0.6 is 0 Å². The summed E-state index contributed by atoms with van der Waals surface area (Å²) in [5.41, 5.74) is 3.79. The fourth-order valence-corrected chi connectivity index (χ4v) is 3.15. The molecule has 0 aliphatic heterocycles. The molecule has 2 N–H and O–H groups in total. The van der Waals surface area contributed by atoms with Crippen molar-refractivity contribution in [2.75, 3.05) is 19.7 Å². The van der Waals surface area contributed by atoms with Crippen LogP contribution in [0.15, 0.2) is 84.9 Å². The molecule has 0 spiro atoms. The Bertz CT molecular complexity index is 957. The van der Waals surface area contributed by atoms with Gasteiger partial charge in [-0.3, -0.25) is 9.59 Å². The molecule has 0 aliphatic rings. The summed E-state index contributed by atoms with van der Waals surface area (Å²) in [6.07, 6.45) is 0.724. The highest BCUT2D eigenvalue weighted by Crippen LogP contribution is 2.19. The Morgan fingerprint density at radius 2 is 1.42 bits per heavy atom. The average Bonchev–Trinajstić information content (AvgIpc) is 2.83. The number of carbonyl (C=O) groups excluding carboxylic acids is 2. The summed E-state index contributed by atoms with van der Waals surface area (Å²) in [5, 5.41) is 5.46. The molecule has 1 unspecified atom stereocenters. The van der Waals surface area contributed by atoms with Gasteiger partial charge >= 0.3 is 0 Å². The molecule has 160 valence electrons. The predicted octanol–water partition coefficient (Wildman–Crippen LogP) is 4.37. The summed E-state index contributed by atoms with van der Waals surface area (Å²) in [6.45, 7) is 3.01. The van der Waals surface area contributed by atoms with Crippen molar-refractivity contribution >= 4 is 11.8 Å². The molecule has 0 heterocycles. The monoisotopic (exact) mass is 416 g/mol. The van der Waals surface area contributed by atoms with E-state index in [9.17, 15) is 9.59 Å². The lowest BCUT2D eigenvalue weighted by molar-refractivity contribution is -0.120. The lowest BCUT2D eigenvalue weighted by atomic mass is 10.0. The van der Waals surface area contributed by atoms with Crippen LogP contribution in [-0.4, -0.2) is 31.5 Å². The molecule has 0 bridgehead atoms. The standard InChI is InChI=1S/C26H28N2O3/c1-20(21-9-4-2-5-10-21)31-18-8-17-27-25(29)19-28-26(30)24-15-13-23(14-16-24)22-11-6-3-7-12-22/h2-7,9-16,20H,8,17-19H2,1H3,(H,27,29)(H,28,30). The Kier molecular flexibility index (Phi) is 8.38. The van der Waals surface area contributed by atoms with Gasteiger partial charge in [0, 0.05) is 18.7 Å². The second-order valence-corrected chi connectivity index (χ2v) is 7.25. The highest BCUT2D eigenvalue weighted by molar-refractivity contribution is 5.96. The molecule has 3 aromatic rings. The quantitative estimate of drug-likeness (QED) is 0.483. The van der Waals surface area contributed by atoms with Crippen LogP contribution in [0.2, 0.25) is 0 Å². The summed E-state index contributed by atoms with van der Waals surface area (Å²) < 4.78 is 5.79. The van der Waals surface area contributed by atoms with E-state index in [0.717, 1.165) is 16.7 Å². The van der Waals surface area contributed by atoms with Gasteiger partial charge in [-0.1, -0.05) is 72.8 Å². The Morgan fingerprint density at radius 1 is 0.806 bits per heavy atom. The second kappa shape index (κ2) is 11.7. The van der Waals surface area contributed by atoms with E-state index in [1.165, 1.54) is 0 Å². The molecule has 0 saturated carbocycles. The largest absolute Gasteiger partial charge is 0.374 e. The summed E-state index contributed by atoms with van der Waals surface area (Å²) >= 11 is 0. The normalized spacial score (nSPS) is 11.5. The van der Waals surface area contributed by atoms with Crippen molar-refractivity contribution in [1.29, 1.82) is 0 Å². The Morgan fingerprint density at radius 3 is 2.10 bits per heavy atom. The molecule has 0 aliphatic carbocycles. The van der Waals surface area contributed by atoms with Gasteiger partial charge in [0.15, 0.2) is 0 Å². The molecule has 0 radical (unpaired) electrons. The van der Waals surface area contributed by atoms with E-state index < -0.39 is 0 Å². The van der Waals surface area contributed by atoms with Crippen molar-refractivity contribution in [3.63, 3.8) is 0 Å². The summed E-state index contributed by atoms with van der Waals surface area (Å²) in [4.78, 5) is 24.2. The van der Waals surface area contributed by atoms with Crippen molar-refractivity contribution in [1.82, 2.24) is 10.6 Å². The van der Waals surface area contributed by atoms with E-state index >= 15 is 0 Å². The number of rotatable bonds is 10. The third-order valence-corrected chi connectivity index (χ3v) is 4.94. The van der Waals surface area contributed by atoms with Crippen LogP contribution in [0.1, 0.15) is 35.4 Å². The van der Waals surface area contributed by atoms with Gasteiger partial charge in [-0.15, -0.1) is 0 Å². The van der Waals surface area contributed by atoms with Crippen molar-refractivity contribution in [3.8, 4) is 11.1 Å². The van der Waals surface area contributed by atoms with Gasteiger partial charge in [0.2, 0.25) is 5.91 Å². The SMILES string of the molecule is CC(OCCCNC(=O)CNC(=O)c1ccc(-c2ccccc2)cc1)c1ccccc1. The molecule has 2 amide bonds. The fourth-order valence-electron chi connectivity index (χ4n) is 3.15. The van der Waals surface area contributed by atoms with Crippen LogP contribution in [0, 0.1) is 0 Å². The van der Waals surface area contributed by atoms with Gasteiger partial charge in [0.1, 0.15) is 0 Å². The van der Waals surface area contributed by atoms with Crippen LogP contribution in [0.4, 0.5) is 0 Å². The molecule has 31 heavy (non-hydrogen) atoms. The van der Waals surface area contributed by atoms with E-state index in [-0.39, 0.29) is 24.5 Å². The van der Waals surface area contributed by atoms with E-state index in [1.807, 2.05) is 79.7 Å². The first-order valence-corrected chi connectivity index (χ1v) is 10.5. The molecule has 0 saturated heterocycles. The number of nitrogens with one attached hydrogen (secondary N) is 2. The van der Waals surface area contributed by atoms with Gasteiger partial charge < -0.3 is 15.4 Å². The molecule has 5 heteroatoms. The Balaban J connectivity index is 1.32. The third kappa shape index (κ3) is 7.08. The molecule has 0 aromatic heterocycles. The van der Waals surface area contributed by atoms with Crippen LogP contribution in [-0.2, 0) is 9.53 Å². The minimum absolute atomic E-state index is 0.0180. The number of ether oxygens (including phenoxy) is 1. The highest BCUT2D eigenvalue weighted by Gasteiger charge is 2.09. The van der Waals surface area contributed by atoms with Crippen LogP contribution in [0.5, 0.6) is 0 Å². The first-order valence-electron chi connectivity index (χ1n) is 10.5. The minimum Gasteiger partial charge on any atom is -0.374 e. The zero-order chi connectivity index (χ0) is 21.9. The molecular formula is C26H28N2O3. The number of hydrogen-bond donors (Lipinski definition) is 2. The Labute approximate surface area is 183 Å². The minimum atomic E-state index is -0.269. The van der Waals surface area contributed by atoms with Gasteiger partial charge in [-0.2, -0.15) is 0 Å². The van der Waals surface area contributed by atoms with E-state index in [0.29, 0.717) is 25.1 Å². The van der Waals surface area contributed by atoms with Crippen molar-refractivity contribution in [2.24, 2.45) is 0 Å². The molecule has 3 aromatic carbocycles. The maximum Gasteiger partial charge on any atom is 0.251 e. The second-order valence-electron chi connectivity index (χ2n) is 7.25. The van der Waals surface area contributed by atoms with Crippen LogP contribution in [0.25, 0.3) is 11.1 Å². The topological polar surface area (TPSA) is 67.4 Å². The number of benzene rings is 3. The molecule has 1 atom stereocenters.